The van der Waals surface area contributed by atoms with Crippen molar-refractivity contribution in [2.75, 3.05) is 13.2 Å². The molecular formula is C16H22O6. The van der Waals surface area contributed by atoms with Crippen LogP contribution < -0.4 is 0 Å². The zero-order valence-corrected chi connectivity index (χ0v) is 12.7. The van der Waals surface area contributed by atoms with Gasteiger partial charge in [-0.05, 0) is 25.0 Å². The fourth-order valence-electron chi connectivity index (χ4n) is 1.42. The molecule has 0 aliphatic carbocycles. The van der Waals surface area contributed by atoms with E-state index >= 15 is 0 Å². The van der Waals surface area contributed by atoms with Crippen LogP contribution in [0.1, 0.15) is 38.5 Å². The van der Waals surface area contributed by atoms with Gasteiger partial charge in [0.2, 0.25) is 0 Å². The molecule has 0 aromatic heterocycles. The first-order chi connectivity index (χ1) is 10.5. The van der Waals surface area contributed by atoms with E-state index in [1.165, 1.54) is 12.2 Å². The Labute approximate surface area is 130 Å². The van der Waals surface area contributed by atoms with E-state index in [0.717, 1.165) is 0 Å². The summed E-state index contributed by atoms with van der Waals surface area (Å²) < 4.78 is 9.74. The molecule has 0 heterocycles. The monoisotopic (exact) mass is 310 g/mol. The molecule has 6 heteroatoms. The van der Waals surface area contributed by atoms with Crippen molar-refractivity contribution in [2.45, 2.75) is 38.5 Å². The molecule has 0 amide bonds. The van der Waals surface area contributed by atoms with Crippen molar-refractivity contribution in [2.24, 2.45) is 0 Å². The van der Waals surface area contributed by atoms with Gasteiger partial charge < -0.3 is 9.47 Å². The molecule has 0 spiro atoms. The maximum atomic E-state index is 11.3. The SMILES string of the molecule is C=CC(=O)CCCOC(=O)CCC(=O)OCCCC(=O)C=C. The highest BCUT2D eigenvalue weighted by Gasteiger charge is 2.09. The second-order valence-corrected chi connectivity index (χ2v) is 4.49. The quantitative estimate of drug-likeness (QED) is 0.293. The number of ether oxygens (including phenoxy) is 2. The summed E-state index contributed by atoms with van der Waals surface area (Å²) in [6.07, 6.45) is 3.72. The first-order valence-electron chi connectivity index (χ1n) is 7.11. The van der Waals surface area contributed by atoms with Crippen LogP contribution in [0.5, 0.6) is 0 Å². The summed E-state index contributed by atoms with van der Waals surface area (Å²) in [4.78, 5) is 44.5. The fraction of sp³-hybridized carbons (Fsp3) is 0.500. The predicted octanol–water partition coefficient (Wildman–Crippen LogP) is 1.92. The van der Waals surface area contributed by atoms with Gasteiger partial charge in [-0.2, -0.15) is 0 Å². The van der Waals surface area contributed by atoms with Crippen LogP contribution in [0.4, 0.5) is 0 Å². The first-order valence-corrected chi connectivity index (χ1v) is 7.11. The van der Waals surface area contributed by atoms with Gasteiger partial charge in [0.05, 0.1) is 26.1 Å². The molecule has 6 nitrogen and oxygen atoms in total. The molecule has 0 unspecified atom stereocenters. The van der Waals surface area contributed by atoms with Gasteiger partial charge in [-0.3, -0.25) is 19.2 Å². The van der Waals surface area contributed by atoms with Gasteiger partial charge in [-0.15, -0.1) is 0 Å². The highest BCUT2D eigenvalue weighted by molar-refractivity contribution is 5.89. The van der Waals surface area contributed by atoms with Gasteiger partial charge in [-0.25, -0.2) is 0 Å². The van der Waals surface area contributed by atoms with Crippen molar-refractivity contribution in [1.82, 2.24) is 0 Å². The summed E-state index contributed by atoms with van der Waals surface area (Å²) in [5.74, 6) is -1.22. The second-order valence-electron chi connectivity index (χ2n) is 4.49. The molecule has 0 N–H and O–H groups in total. The standard InChI is InChI=1S/C16H22O6/c1-3-13(17)7-5-11-21-15(19)9-10-16(20)22-12-6-8-14(18)4-2/h3-4H,1-2,5-12H2. The topological polar surface area (TPSA) is 86.7 Å². The Morgan fingerprint density at radius 3 is 1.36 bits per heavy atom. The number of ketones is 2. The number of rotatable bonds is 13. The summed E-state index contributed by atoms with van der Waals surface area (Å²) in [7, 11) is 0. The molecule has 0 saturated carbocycles. The van der Waals surface area contributed by atoms with E-state index in [9.17, 15) is 19.2 Å². The average Bonchev–Trinajstić information content (AvgIpc) is 2.52. The van der Waals surface area contributed by atoms with Gasteiger partial charge >= 0.3 is 11.9 Å². The smallest absolute Gasteiger partial charge is 0.306 e. The van der Waals surface area contributed by atoms with Crippen molar-refractivity contribution < 1.29 is 28.7 Å². The molecule has 0 radical (unpaired) electrons. The maximum absolute atomic E-state index is 11.3. The van der Waals surface area contributed by atoms with Gasteiger partial charge in [-0.1, -0.05) is 13.2 Å². The van der Waals surface area contributed by atoms with Crippen molar-refractivity contribution >= 4 is 23.5 Å². The minimum Gasteiger partial charge on any atom is -0.466 e. The lowest BCUT2D eigenvalue weighted by Gasteiger charge is -2.05. The third kappa shape index (κ3) is 11.6. The van der Waals surface area contributed by atoms with Gasteiger partial charge in [0.25, 0.3) is 0 Å². The Balaban J connectivity index is 3.58. The third-order valence-corrected chi connectivity index (χ3v) is 2.65. The number of carbonyl (C=O) groups is 4. The number of hydrogen-bond donors (Lipinski definition) is 0. The van der Waals surface area contributed by atoms with E-state index in [-0.39, 0.29) is 50.5 Å². The Kier molecular flexibility index (Phi) is 11.2. The summed E-state index contributed by atoms with van der Waals surface area (Å²) in [5.41, 5.74) is 0. The zero-order valence-electron chi connectivity index (χ0n) is 12.7. The first kappa shape index (κ1) is 19.8. The van der Waals surface area contributed by atoms with Crippen molar-refractivity contribution in [3.8, 4) is 0 Å². The third-order valence-electron chi connectivity index (χ3n) is 2.65. The average molecular weight is 310 g/mol. The molecular weight excluding hydrogens is 288 g/mol. The highest BCUT2D eigenvalue weighted by atomic mass is 16.5. The fourth-order valence-corrected chi connectivity index (χ4v) is 1.42. The van der Waals surface area contributed by atoms with Crippen LogP contribution in [0.3, 0.4) is 0 Å². The highest BCUT2D eigenvalue weighted by Crippen LogP contribution is 2.00. The van der Waals surface area contributed by atoms with Crippen LogP contribution >= 0.6 is 0 Å². The minimum absolute atomic E-state index is 0.0696. The predicted molar refractivity (Wildman–Crippen MR) is 80.0 cm³/mol. The molecule has 0 saturated heterocycles. The number of carbonyl (C=O) groups excluding carboxylic acids is 4. The number of allylic oxidation sites excluding steroid dienone is 2. The van der Waals surface area contributed by atoms with E-state index < -0.39 is 11.9 Å². The van der Waals surface area contributed by atoms with E-state index in [4.69, 9.17) is 9.47 Å². The molecule has 0 aliphatic heterocycles. The van der Waals surface area contributed by atoms with Crippen LogP contribution in [0, 0.1) is 0 Å². The van der Waals surface area contributed by atoms with E-state index in [1.807, 2.05) is 0 Å². The zero-order chi connectivity index (χ0) is 16.8. The van der Waals surface area contributed by atoms with Crippen molar-refractivity contribution in [3.63, 3.8) is 0 Å². The van der Waals surface area contributed by atoms with E-state index in [2.05, 4.69) is 13.2 Å². The van der Waals surface area contributed by atoms with Crippen LogP contribution in [0.15, 0.2) is 25.3 Å². The van der Waals surface area contributed by atoms with Crippen molar-refractivity contribution in [1.29, 1.82) is 0 Å². The summed E-state index contributed by atoms with van der Waals surface area (Å²) in [5, 5.41) is 0. The number of hydrogen-bond acceptors (Lipinski definition) is 6. The van der Waals surface area contributed by atoms with Crippen molar-refractivity contribution in [3.05, 3.63) is 25.3 Å². The Bertz CT molecular complexity index is 384. The van der Waals surface area contributed by atoms with Gasteiger partial charge in [0.15, 0.2) is 11.6 Å². The molecule has 0 aromatic carbocycles. The molecule has 0 aromatic rings. The normalized spacial score (nSPS) is 9.64. The Hall–Kier alpha value is -2.24. The summed E-state index contributed by atoms with van der Waals surface area (Å²) >= 11 is 0. The summed E-state index contributed by atoms with van der Waals surface area (Å²) in [6, 6.07) is 0. The van der Waals surface area contributed by atoms with E-state index in [0.29, 0.717) is 12.8 Å². The lowest BCUT2D eigenvalue weighted by Crippen LogP contribution is -2.12. The van der Waals surface area contributed by atoms with E-state index in [1.54, 1.807) is 0 Å². The Morgan fingerprint density at radius 1 is 0.682 bits per heavy atom. The number of esters is 2. The Morgan fingerprint density at radius 2 is 1.05 bits per heavy atom. The molecule has 0 bridgehead atoms. The summed E-state index contributed by atoms with van der Waals surface area (Å²) in [6.45, 7) is 6.94. The van der Waals surface area contributed by atoms with Crippen LogP contribution in [0.25, 0.3) is 0 Å². The van der Waals surface area contributed by atoms with Crippen LogP contribution in [0.2, 0.25) is 0 Å². The molecule has 0 rings (SSSR count). The maximum Gasteiger partial charge on any atom is 0.306 e. The molecule has 0 fully saturated rings. The second kappa shape index (κ2) is 12.5. The lowest BCUT2D eigenvalue weighted by molar-refractivity contribution is -0.150. The largest absolute Gasteiger partial charge is 0.466 e. The molecule has 0 aliphatic rings. The molecule has 22 heavy (non-hydrogen) atoms. The molecule has 0 atom stereocenters. The van der Waals surface area contributed by atoms with Gasteiger partial charge in [0.1, 0.15) is 0 Å². The van der Waals surface area contributed by atoms with Crippen LogP contribution in [-0.4, -0.2) is 36.7 Å². The molecule has 122 valence electrons. The lowest BCUT2D eigenvalue weighted by atomic mass is 10.2. The van der Waals surface area contributed by atoms with Crippen LogP contribution in [-0.2, 0) is 28.7 Å². The minimum atomic E-state index is -0.509. The van der Waals surface area contributed by atoms with Gasteiger partial charge in [0, 0.05) is 12.8 Å².